The quantitative estimate of drug-likeness (QED) is 0.848. The predicted molar refractivity (Wildman–Crippen MR) is 88.3 cm³/mol. The van der Waals surface area contributed by atoms with E-state index in [1.165, 1.54) is 0 Å². The Balaban J connectivity index is 2.06. The third-order valence-electron chi connectivity index (χ3n) is 3.47. The molecule has 0 aliphatic heterocycles. The summed E-state index contributed by atoms with van der Waals surface area (Å²) in [6.07, 6.45) is 0.937. The van der Waals surface area contributed by atoms with E-state index in [-0.39, 0.29) is 18.5 Å². The first-order valence-electron chi connectivity index (χ1n) is 7.38. The van der Waals surface area contributed by atoms with Gasteiger partial charge in [-0.15, -0.1) is 0 Å². The van der Waals surface area contributed by atoms with E-state index in [0.29, 0.717) is 0 Å². The van der Waals surface area contributed by atoms with Crippen LogP contribution < -0.4 is 10.6 Å². The lowest BCUT2D eigenvalue weighted by Crippen LogP contribution is -2.36. The van der Waals surface area contributed by atoms with Crippen molar-refractivity contribution in [2.24, 2.45) is 0 Å². The number of nitrogens with one attached hydrogen (secondary N) is 2. The zero-order valence-corrected chi connectivity index (χ0v) is 12.6. The van der Waals surface area contributed by atoms with Crippen molar-refractivity contribution in [1.29, 1.82) is 0 Å². The van der Waals surface area contributed by atoms with Gasteiger partial charge in [0.05, 0.1) is 6.54 Å². The van der Waals surface area contributed by atoms with Crippen LogP contribution in [0, 0.1) is 0 Å². The molecule has 0 heterocycles. The Hall–Kier alpha value is -2.29. The van der Waals surface area contributed by atoms with Gasteiger partial charge in [-0.1, -0.05) is 55.5 Å². The van der Waals surface area contributed by atoms with Crippen LogP contribution in [-0.4, -0.2) is 18.5 Å². The van der Waals surface area contributed by atoms with Crippen LogP contribution >= 0.6 is 0 Å². The number of hydrogen-bond donors (Lipinski definition) is 2. The molecule has 1 unspecified atom stereocenters. The van der Waals surface area contributed by atoms with Gasteiger partial charge in [0.25, 0.3) is 0 Å². The average Bonchev–Trinajstić information content (AvgIpc) is 2.54. The van der Waals surface area contributed by atoms with Gasteiger partial charge >= 0.3 is 0 Å². The molecule has 3 heteroatoms. The highest BCUT2D eigenvalue weighted by atomic mass is 16.1. The van der Waals surface area contributed by atoms with Crippen molar-refractivity contribution in [2.75, 3.05) is 11.9 Å². The first kappa shape index (κ1) is 15.1. The minimum atomic E-state index is 0.0206. The van der Waals surface area contributed by atoms with Gasteiger partial charge in [-0.3, -0.25) is 4.79 Å². The van der Waals surface area contributed by atoms with Gasteiger partial charge in [0, 0.05) is 17.3 Å². The van der Waals surface area contributed by atoms with E-state index in [1.807, 2.05) is 43.3 Å². The summed E-state index contributed by atoms with van der Waals surface area (Å²) in [4.78, 5) is 11.9. The zero-order valence-electron chi connectivity index (χ0n) is 12.6. The Bertz CT molecular complexity index is 581. The number of hydrogen-bond acceptors (Lipinski definition) is 2. The summed E-state index contributed by atoms with van der Waals surface area (Å²) in [5, 5.41) is 6.19. The molecule has 21 heavy (non-hydrogen) atoms. The van der Waals surface area contributed by atoms with Crippen LogP contribution in [-0.2, 0) is 4.79 Å². The lowest BCUT2D eigenvalue weighted by Gasteiger charge is -2.14. The van der Waals surface area contributed by atoms with Gasteiger partial charge in [0.15, 0.2) is 0 Å². The first-order chi connectivity index (χ1) is 10.2. The highest BCUT2D eigenvalue weighted by molar-refractivity contribution is 5.84. The topological polar surface area (TPSA) is 41.1 Å². The summed E-state index contributed by atoms with van der Waals surface area (Å²) < 4.78 is 0. The molecule has 0 saturated carbocycles. The molecule has 0 aliphatic carbocycles. The van der Waals surface area contributed by atoms with E-state index in [2.05, 4.69) is 35.8 Å². The number of para-hydroxylation sites is 1. The molecule has 0 spiro atoms. The normalized spacial score (nSPS) is 11.7. The van der Waals surface area contributed by atoms with E-state index >= 15 is 0 Å². The maximum atomic E-state index is 11.9. The van der Waals surface area contributed by atoms with E-state index < -0.39 is 0 Å². The van der Waals surface area contributed by atoms with Gasteiger partial charge in [-0.05, 0) is 25.0 Å². The largest absolute Gasteiger partial charge is 0.376 e. The molecule has 1 amide bonds. The minimum absolute atomic E-state index is 0.0206. The molecule has 0 radical (unpaired) electrons. The van der Waals surface area contributed by atoms with E-state index in [9.17, 15) is 4.79 Å². The summed E-state index contributed by atoms with van der Waals surface area (Å²) in [6.45, 7) is 4.35. The standard InChI is InChI=1S/C18H22N2O/c1-3-14(2)20-18(21)13-19-17-12-8-7-11-16(17)15-9-5-4-6-10-15/h4-12,14,19H,3,13H2,1-2H3,(H,20,21). The van der Waals surface area contributed by atoms with E-state index in [4.69, 9.17) is 0 Å². The van der Waals surface area contributed by atoms with Crippen LogP contribution in [0.15, 0.2) is 54.6 Å². The SMILES string of the molecule is CCC(C)NC(=O)CNc1ccccc1-c1ccccc1. The molecule has 0 fully saturated rings. The number of rotatable bonds is 6. The van der Waals surface area contributed by atoms with E-state index in [1.54, 1.807) is 0 Å². The molecule has 0 saturated heterocycles. The zero-order chi connectivity index (χ0) is 15.1. The van der Waals surface area contributed by atoms with Crippen LogP contribution in [0.1, 0.15) is 20.3 Å². The molecule has 0 aliphatic rings. The second kappa shape index (κ2) is 7.48. The van der Waals surface area contributed by atoms with Crippen molar-refractivity contribution in [3.63, 3.8) is 0 Å². The highest BCUT2D eigenvalue weighted by Gasteiger charge is 2.07. The van der Waals surface area contributed by atoms with Gasteiger partial charge in [-0.25, -0.2) is 0 Å². The molecule has 0 bridgehead atoms. The number of carbonyl (C=O) groups is 1. The van der Waals surface area contributed by atoms with Gasteiger partial charge in [0.1, 0.15) is 0 Å². The van der Waals surface area contributed by atoms with Crippen LogP contribution in [0.4, 0.5) is 5.69 Å². The Morgan fingerprint density at radius 1 is 1.05 bits per heavy atom. The highest BCUT2D eigenvalue weighted by Crippen LogP contribution is 2.27. The molecule has 3 nitrogen and oxygen atoms in total. The van der Waals surface area contributed by atoms with Crippen molar-refractivity contribution in [3.05, 3.63) is 54.6 Å². The van der Waals surface area contributed by atoms with Crippen molar-refractivity contribution in [2.45, 2.75) is 26.3 Å². The molecule has 0 aromatic heterocycles. The van der Waals surface area contributed by atoms with Crippen LogP contribution in [0.3, 0.4) is 0 Å². The van der Waals surface area contributed by atoms with Crippen LogP contribution in [0.5, 0.6) is 0 Å². The minimum Gasteiger partial charge on any atom is -0.376 e. The Morgan fingerprint density at radius 2 is 1.71 bits per heavy atom. The van der Waals surface area contributed by atoms with Crippen molar-refractivity contribution >= 4 is 11.6 Å². The number of amides is 1. The third kappa shape index (κ3) is 4.35. The monoisotopic (exact) mass is 282 g/mol. The first-order valence-corrected chi connectivity index (χ1v) is 7.38. The summed E-state index contributed by atoms with van der Waals surface area (Å²) in [6, 6.07) is 18.4. The number of carbonyl (C=O) groups excluding carboxylic acids is 1. The maximum Gasteiger partial charge on any atom is 0.239 e. The second-order valence-electron chi connectivity index (χ2n) is 5.14. The van der Waals surface area contributed by atoms with Crippen LogP contribution in [0.25, 0.3) is 11.1 Å². The maximum absolute atomic E-state index is 11.9. The summed E-state index contributed by atoms with van der Waals surface area (Å²) in [7, 11) is 0. The molecule has 2 N–H and O–H groups in total. The van der Waals surface area contributed by atoms with Gasteiger partial charge in [0.2, 0.25) is 5.91 Å². The van der Waals surface area contributed by atoms with E-state index in [0.717, 1.165) is 23.2 Å². The number of anilines is 1. The predicted octanol–water partition coefficient (Wildman–Crippen LogP) is 3.68. The molecule has 110 valence electrons. The molecule has 2 aromatic rings. The van der Waals surface area contributed by atoms with Gasteiger partial charge < -0.3 is 10.6 Å². The summed E-state index contributed by atoms with van der Waals surface area (Å²) in [5.74, 6) is 0.0206. The Morgan fingerprint density at radius 3 is 2.43 bits per heavy atom. The Labute approximate surface area is 126 Å². The van der Waals surface area contributed by atoms with Gasteiger partial charge in [-0.2, -0.15) is 0 Å². The molecule has 1 atom stereocenters. The fourth-order valence-corrected chi connectivity index (χ4v) is 2.11. The summed E-state index contributed by atoms with van der Waals surface area (Å²) in [5.41, 5.74) is 3.22. The fourth-order valence-electron chi connectivity index (χ4n) is 2.11. The number of benzene rings is 2. The van der Waals surface area contributed by atoms with Crippen molar-refractivity contribution < 1.29 is 4.79 Å². The fraction of sp³-hybridized carbons (Fsp3) is 0.278. The lowest BCUT2D eigenvalue weighted by atomic mass is 10.0. The average molecular weight is 282 g/mol. The van der Waals surface area contributed by atoms with Crippen molar-refractivity contribution in [1.82, 2.24) is 5.32 Å². The van der Waals surface area contributed by atoms with Crippen molar-refractivity contribution in [3.8, 4) is 11.1 Å². The molecular formula is C18H22N2O. The lowest BCUT2D eigenvalue weighted by molar-refractivity contribution is -0.120. The smallest absolute Gasteiger partial charge is 0.239 e. The molecule has 2 aromatic carbocycles. The third-order valence-corrected chi connectivity index (χ3v) is 3.47. The Kier molecular flexibility index (Phi) is 5.38. The second-order valence-corrected chi connectivity index (χ2v) is 5.14. The molecule has 2 rings (SSSR count). The molecular weight excluding hydrogens is 260 g/mol. The summed E-state index contributed by atoms with van der Waals surface area (Å²) >= 11 is 0. The van der Waals surface area contributed by atoms with Crippen LogP contribution in [0.2, 0.25) is 0 Å².